The second-order valence-electron chi connectivity index (χ2n) is 7.66. The maximum atomic E-state index is 13.6. The number of anilines is 1. The summed E-state index contributed by atoms with van der Waals surface area (Å²) in [6.07, 6.45) is 5.38. The van der Waals surface area contributed by atoms with Crippen LogP contribution in [0, 0.1) is 5.82 Å². The third-order valence-electron chi connectivity index (χ3n) is 5.52. The third kappa shape index (κ3) is 5.15. The second kappa shape index (κ2) is 10.2. The van der Waals surface area contributed by atoms with Gasteiger partial charge in [-0.05, 0) is 49.1 Å². The number of halogens is 2. The fraction of sp³-hybridized carbons (Fsp3) is 0.348. The molecule has 0 unspecified atom stereocenters. The zero-order valence-corrected chi connectivity index (χ0v) is 18.1. The quantitative estimate of drug-likeness (QED) is 0.561. The molecular weight excluding hydrogens is 435 g/mol. The SMILES string of the molecule is O=c1cc(-c2ccnc(NC3CCOCC3)n2)ccn1[C@H](CCO)c1ccc(F)c(Cl)c1. The van der Waals surface area contributed by atoms with Crippen LogP contribution in [0.5, 0.6) is 0 Å². The van der Waals surface area contributed by atoms with Crippen molar-refractivity contribution in [1.82, 2.24) is 14.5 Å². The number of aliphatic hydroxyl groups is 1. The van der Waals surface area contributed by atoms with Gasteiger partial charge < -0.3 is 19.7 Å². The lowest BCUT2D eigenvalue weighted by atomic mass is 10.0. The molecule has 7 nitrogen and oxygen atoms in total. The smallest absolute Gasteiger partial charge is 0.251 e. The van der Waals surface area contributed by atoms with E-state index in [2.05, 4.69) is 15.3 Å². The molecule has 9 heteroatoms. The van der Waals surface area contributed by atoms with Gasteiger partial charge in [0.2, 0.25) is 5.95 Å². The van der Waals surface area contributed by atoms with E-state index in [4.69, 9.17) is 16.3 Å². The van der Waals surface area contributed by atoms with Crippen LogP contribution in [-0.2, 0) is 4.74 Å². The Morgan fingerprint density at radius 3 is 2.78 bits per heavy atom. The van der Waals surface area contributed by atoms with Crippen molar-refractivity contribution >= 4 is 17.5 Å². The van der Waals surface area contributed by atoms with Crippen molar-refractivity contribution in [2.45, 2.75) is 31.3 Å². The summed E-state index contributed by atoms with van der Waals surface area (Å²) in [6, 6.07) is 9.13. The Morgan fingerprint density at radius 2 is 2.06 bits per heavy atom. The highest BCUT2D eigenvalue weighted by Crippen LogP contribution is 2.26. The van der Waals surface area contributed by atoms with E-state index in [1.807, 2.05) is 0 Å². The predicted octanol–water partition coefficient (Wildman–Crippen LogP) is 3.66. The van der Waals surface area contributed by atoms with E-state index >= 15 is 0 Å². The molecular formula is C23H24ClFN4O3. The van der Waals surface area contributed by atoms with Gasteiger partial charge in [-0.15, -0.1) is 0 Å². The summed E-state index contributed by atoms with van der Waals surface area (Å²) in [5, 5.41) is 12.8. The molecule has 1 aliphatic rings. The molecule has 1 atom stereocenters. The number of benzene rings is 1. The van der Waals surface area contributed by atoms with Crippen molar-refractivity contribution in [3.63, 3.8) is 0 Å². The Labute approximate surface area is 189 Å². The summed E-state index contributed by atoms with van der Waals surface area (Å²) in [6.45, 7) is 1.29. The highest BCUT2D eigenvalue weighted by Gasteiger charge is 2.18. The lowest BCUT2D eigenvalue weighted by Crippen LogP contribution is -2.28. The molecule has 32 heavy (non-hydrogen) atoms. The first kappa shape index (κ1) is 22.4. The number of pyridine rings is 1. The number of aliphatic hydroxyl groups excluding tert-OH is 1. The number of hydrogen-bond acceptors (Lipinski definition) is 6. The first-order valence-corrected chi connectivity index (χ1v) is 10.9. The van der Waals surface area contributed by atoms with Crippen LogP contribution in [0.25, 0.3) is 11.3 Å². The van der Waals surface area contributed by atoms with Gasteiger partial charge in [-0.3, -0.25) is 4.79 Å². The van der Waals surface area contributed by atoms with E-state index in [1.54, 1.807) is 30.6 Å². The minimum Gasteiger partial charge on any atom is -0.396 e. The van der Waals surface area contributed by atoms with Crippen molar-refractivity contribution < 1.29 is 14.2 Å². The average molecular weight is 459 g/mol. The lowest BCUT2D eigenvalue weighted by molar-refractivity contribution is 0.0903. The fourth-order valence-corrected chi connectivity index (χ4v) is 4.02. The highest BCUT2D eigenvalue weighted by molar-refractivity contribution is 6.30. The number of rotatable bonds is 7. The topological polar surface area (TPSA) is 89.3 Å². The van der Waals surface area contributed by atoms with Crippen LogP contribution in [0.4, 0.5) is 10.3 Å². The average Bonchev–Trinajstić information content (AvgIpc) is 2.80. The molecule has 3 aromatic rings. The molecule has 0 aliphatic carbocycles. The van der Waals surface area contributed by atoms with E-state index in [-0.39, 0.29) is 29.7 Å². The molecule has 168 valence electrons. The standard InChI is InChI=1S/C23H24ClFN4O3/c24-18-13-16(1-2-19(18)25)21(5-10-30)29-9-4-15(14-22(29)31)20-3-8-26-23(28-20)27-17-6-11-32-12-7-17/h1-4,8-9,13-14,17,21,30H,5-7,10-12H2,(H,26,27,28)/t21-/m1/s1. The van der Waals surface area contributed by atoms with Crippen molar-refractivity contribution in [2.24, 2.45) is 0 Å². The zero-order chi connectivity index (χ0) is 22.5. The summed E-state index contributed by atoms with van der Waals surface area (Å²) in [4.78, 5) is 21.8. The van der Waals surface area contributed by atoms with Gasteiger partial charge in [0.25, 0.3) is 5.56 Å². The van der Waals surface area contributed by atoms with E-state index in [9.17, 15) is 14.3 Å². The minimum atomic E-state index is -0.533. The van der Waals surface area contributed by atoms with Crippen LogP contribution in [0.3, 0.4) is 0 Å². The molecule has 3 heterocycles. The van der Waals surface area contributed by atoms with Crippen LogP contribution in [0.2, 0.25) is 5.02 Å². The van der Waals surface area contributed by atoms with Gasteiger partial charge in [-0.2, -0.15) is 0 Å². The number of ether oxygens (including phenoxy) is 1. The normalized spacial score (nSPS) is 15.5. The summed E-state index contributed by atoms with van der Waals surface area (Å²) in [7, 11) is 0. The van der Waals surface area contributed by atoms with Crippen LogP contribution in [0.15, 0.2) is 53.6 Å². The van der Waals surface area contributed by atoms with Crippen molar-refractivity contribution in [1.29, 1.82) is 0 Å². The Balaban J connectivity index is 1.60. The minimum absolute atomic E-state index is 0.0272. The van der Waals surface area contributed by atoms with Gasteiger partial charge in [0.15, 0.2) is 0 Å². The molecule has 1 aromatic carbocycles. The molecule has 2 aromatic heterocycles. The van der Waals surface area contributed by atoms with Crippen molar-refractivity contribution in [3.05, 3.63) is 75.5 Å². The van der Waals surface area contributed by atoms with Gasteiger partial charge >= 0.3 is 0 Å². The lowest BCUT2D eigenvalue weighted by Gasteiger charge is -2.23. The summed E-state index contributed by atoms with van der Waals surface area (Å²) in [5.41, 5.74) is 1.66. The summed E-state index contributed by atoms with van der Waals surface area (Å²) in [5.74, 6) is -0.0209. The van der Waals surface area contributed by atoms with Crippen LogP contribution in [-0.4, -0.2) is 45.5 Å². The number of hydrogen-bond donors (Lipinski definition) is 2. The first-order chi connectivity index (χ1) is 15.5. The highest BCUT2D eigenvalue weighted by atomic mass is 35.5. The molecule has 0 spiro atoms. The van der Waals surface area contributed by atoms with Gasteiger partial charge in [0.1, 0.15) is 5.82 Å². The zero-order valence-electron chi connectivity index (χ0n) is 17.4. The predicted molar refractivity (Wildman–Crippen MR) is 120 cm³/mol. The third-order valence-corrected chi connectivity index (χ3v) is 5.81. The summed E-state index contributed by atoms with van der Waals surface area (Å²) < 4.78 is 20.5. The van der Waals surface area contributed by atoms with Crippen LogP contribution < -0.4 is 10.9 Å². The molecule has 1 aliphatic heterocycles. The van der Waals surface area contributed by atoms with Gasteiger partial charge in [-0.25, -0.2) is 14.4 Å². The molecule has 0 bridgehead atoms. The van der Waals surface area contributed by atoms with Gasteiger partial charge in [-0.1, -0.05) is 17.7 Å². The Morgan fingerprint density at radius 1 is 1.25 bits per heavy atom. The van der Waals surface area contributed by atoms with E-state index in [0.717, 1.165) is 12.8 Å². The van der Waals surface area contributed by atoms with Crippen molar-refractivity contribution in [2.75, 3.05) is 25.1 Å². The summed E-state index contributed by atoms with van der Waals surface area (Å²) >= 11 is 5.92. The van der Waals surface area contributed by atoms with Crippen LogP contribution >= 0.6 is 11.6 Å². The Kier molecular flexibility index (Phi) is 7.14. The van der Waals surface area contributed by atoms with Gasteiger partial charge in [0.05, 0.1) is 16.8 Å². The molecule has 0 saturated carbocycles. The fourth-order valence-electron chi connectivity index (χ4n) is 3.83. The second-order valence-corrected chi connectivity index (χ2v) is 8.07. The first-order valence-electron chi connectivity index (χ1n) is 10.5. The van der Waals surface area contributed by atoms with Gasteiger partial charge in [0, 0.05) is 49.9 Å². The molecule has 2 N–H and O–H groups in total. The van der Waals surface area contributed by atoms with E-state index < -0.39 is 11.9 Å². The molecule has 1 saturated heterocycles. The number of nitrogens with zero attached hydrogens (tertiary/aromatic N) is 3. The molecule has 0 amide bonds. The maximum absolute atomic E-state index is 13.6. The largest absolute Gasteiger partial charge is 0.396 e. The Hall–Kier alpha value is -2.81. The number of aromatic nitrogens is 3. The Bertz CT molecular complexity index is 1130. The number of nitrogens with one attached hydrogen (secondary N) is 1. The van der Waals surface area contributed by atoms with E-state index in [1.165, 1.54) is 22.8 Å². The van der Waals surface area contributed by atoms with Crippen molar-refractivity contribution in [3.8, 4) is 11.3 Å². The monoisotopic (exact) mass is 458 g/mol. The van der Waals surface area contributed by atoms with Crippen LogP contribution in [0.1, 0.15) is 30.9 Å². The maximum Gasteiger partial charge on any atom is 0.251 e. The molecule has 4 rings (SSSR count). The van der Waals surface area contributed by atoms with E-state index in [0.29, 0.717) is 36.0 Å². The molecule has 1 fully saturated rings. The molecule has 0 radical (unpaired) electrons.